The van der Waals surface area contributed by atoms with Crippen molar-refractivity contribution in [1.29, 1.82) is 0 Å². The molecule has 106 valence electrons. The second-order valence-corrected chi connectivity index (χ2v) is 7.49. The van der Waals surface area contributed by atoms with Crippen molar-refractivity contribution in [2.45, 2.75) is 39.0 Å². The molecule has 0 aliphatic rings. The summed E-state index contributed by atoms with van der Waals surface area (Å²) in [5.74, 6) is 0. The van der Waals surface area contributed by atoms with E-state index in [1.54, 1.807) is 6.07 Å². The molecule has 0 aromatic heterocycles. The average molecular weight is 281 g/mol. The Morgan fingerprint density at radius 3 is 2.47 bits per heavy atom. The summed E-state index contributed by atoms with van der Waals surface area (Å²) in [6.45, 7) is 11.9. The first-order chi connectivity index (χ1) is 8.68. The van der Waals surface area contributed by atoms with Gasteiger partial charge in [0.15, 0.2) is 0 Å². The Kier molecular flexibility index (Phi) is 4.93. The smallest absolute Gasteiger partial charge is 0.211 e. The van der Waals surface area contributed by atoms with Crippen LogP contribution < -0.4 is 4.72 Å². The maximum absolute atomic E-state index is 12.3. The molecule has 1 aromatic carbocycles. The quantitative estimate of drug-likeness (QED) is 0.814. The minimum atomic E-state index is -3.44. The molecule has 1 rings (SSSR count). The van der Waals surface area contributed by atoms with Crippen LogP contribution in [0.2, 0.25) is 0 Å². The Labute approximate surface area is 116 Å². The fourth-order valence-corrected chi connectivity index (χ4v) is 3.40. The van der Waals surface area contributed by atoms with Crippen molar-refractivity contribution in [3.8, 4) is 0 Å². The summed E-state index contributed by atoms with van der Waals surface area (Å²) < 4.78 is 27.2. The minimum absolute atomic E-state index is 0.132. The molecule has 0 radical (unpaired) electrons. The van der Waals surface area contributed by atoms with Gasteiger partial charge in [0.1, 0.15) is 0 Å². The summed E-state index contributed by atoms with van der Waals surface area (Å²) in [5.41, 5.74) is 1.70. The molecule has 0 aliphatic carbocycles. The van der Waals surface area contributed by atoms with Gasteiger partial charge in [-0.25, -0.2) is 13.1 Å². The molecule has 1 aromatic rings. The average Bonchev–Trinajstić information content (AvgIpc) is 2.26. The van der Waals surface area contributed by atoms with Crippen LogP contribution in [0.4, 0.5) is 0 Å². The fourth-order valence-electron chi connectivity index (χ4n) is 1.93. The molecule has 0 amide bonds. The van der Waals surface area contributed by atoms with E-state index in [1.165, 1.54) is 0 Å². The van der Waals surface area contributed by atoms with Gasteiger partial charge in [0.25, 0.3) is 0 Å². The zero-order chi connectivity index (χ0) is 14.7. The van der Waals surface area contributed by atoms with E-state index in [2.05, 4.69) is 11.3 Å². The Hall–Kier alpha value is -1.13. The van der Waals surface area contributed by atoms with E-state index >= 15 is 0 Å². The van der Waals surface area contributed by atoms with Crippen molar-refractivity contribution in [3.63, 3.8) is 0 Å². The summed E-state index contributed by atoms with van der Waals surface area (Å²) >= 11 is 0. The molecular weight excluding hydrogens is 258 g/mol. The van der Waals surface area contributed by atoms with Crippen LogP contribution in [-0.4, -0.2) is 15.0 Å². The number of hydrogen-bond acceptors (Lipinski definition) is 2. The predicted octanol–water partition coefficient (Wildman–Crippen LogP) is 3.18. The van der Waals surface area contributed by atoms with E-state index in [0.29, 0.717) is 11.4 Å². The lowest BCUT2D eigenvalue weighted by Crippen LogP contribution is -2.34. The zero-order valence-electron chi connectivity index (χ0n) is 12.2. The van der Waals surface area contributed by atoms with Crippen molar-refractivity contribution >= 4 is 10.0 Å². The third-order valence-corrected chi connectivity index (χ3v) is 4.62. The molecule has 3 nitrogen and oxygen atoms in total. The second kappa shape index (κ2) is 5.88. The molecule has 0 aliphatic heterocycles. The highest BCUT2D eigenvalue weighted by atomic mass is 32.2. The Bertz CT molecular complexity index is 560. The van der Waals surface area contributed by atoms with Gasteiger partial charge in [-0.05, 0) is 37.3 Å². The van der Waals surface area contributed by atoms with Gasteiger partial charge in [0.05, 0.1) is 4.90 Å². The topological polar surface area (TPSA) is 46.2 Å². The number of nitrogens with one attached hydrogen (secondary N) is 1. The van der Waals surface area contributed by atoms with Gasteiger partial charge in [0.2, 0.25) is 10.0 Å². The molecule has 0 saturated heterocycles. The Morgan fingerprint density at radius 2 is 1.95 bits per heavy atom. The van der Waals surface area contributed by atoms with Crippen LogP contribution in [0.1, 0.15) is 31.4 Å². The zero-order valence-corrected chi connectivity index (χ0v) is 13.0. The van der Waals surface area contributed by atoms with Crippen molar-refractivity contribution in [3.05, 3.63) is 42.0 Å². The summed E-state index contributed by atoms with van der Waals surface area (Å²) in [6, 6.07) is 5.35. The Morgan fingerprint density at radius 1 is 1.32 bits per heavy atom. The highest BCUT2D eigenvalue weighted by Gasteiger charge is 2.22. The molecule has 0 spiro atoms. The van der Waals surface area contributed by atoms with Gasteiger partial charge in [-0.15, -0.1) is 6.58 Å². The lowest BCUT2D eigenvalue weighted by atomic mass is 9.90. The minimum Gasteiger partial charge on any atom is -0.211 e. The SMILES string of the molecule is C=CCC(C)(C)CNS(=O)(=O)c1ccc(C)cc1C. The van der Waals surface area contributed by atoms with E-state index in [1.807, 2.05) is 45.9 Å². The lowest BCUT2D eigenvalue weighted by Gasteiger charge is -2.23. The molecular formula is C15H23NO2S. The van der Waals surface area contributed by atoms with Crippen LogP contribution >= 0.6 is 0 Å². The molecule has 1 N–H and O–H groups in total. The molecule has 0 fully saturated rings. The van der Waals surface area contributed by atoms with Crippen molar-refractivity contribution in [2.24, 2.45) is 5.41 Å². The summed E-state index contributed by atoms with van der Waals surface area (Å²) in [5, 5.41) is 0. The second-order valence-electron chi connectivity index (χ2n) is 5.75. The molecule has 0 heterocycles. The monoisotopic (exact) mass is 281 g/mol. The van der Waals surface area contributed by atoms with E-state index in [0.717, 1.165) is 17.5 Å². The van der Waals surface area contributed by atoms with E-state index in [4.69, 9.17) is 0 Å². The number of allylic oxidation sites excluding steroid dienone is 1. The van der Waals surface area contributed by atoms with E-state index in [-0.39, 0.29) is 5.41 Å². The Balaban J connectivity index is 2.90. The molecule has 0 atom stereocenters. The first kappa shape index (κ1) is 15.9. The highest BCUT2D eigenvalue weighted by Crippen LogP contribution is 2.21. The van der Waals surface area contributed by atoms with Gasteiger partial charge in [-0.2, -0.15) is 0 Å². The van der Waals surface area contributed by atoms with Gasteiger partial charge >= 0.3 is 0 Å². The summed E-state index contributed by atoms with van der Waals surface area (Å²) in [6.07, 6.45) is 2.58. The third-order valence-electron chi connectivity index (χ3n) is 3.06. The first-order valence-electron chi connectivity index (χ1n) is 6.36. The van der Waals surface area contributed by atoms with Crippen LogP contribution in [0.25, 0.3) is 0 Å². The van der Waals surface area contributed by atoms with Crippen molar-refractivity contribution < 1.29 is 8.42 Å². The molecule has 4 heteroatoms. The van der Waals surface area contributed by atoms with Crippen LogP contribution in [-0.2, 0) is 10.0 Å². The predicted molar refractivity (Wildman–Crippen MR) is 79.7 cm³/mol. The van der Waals surface area contributed by atoms with Crippen LogP contribution in [0, 0.1) is 19.3 Å². The van der Waals surface area contributed by atoms with Gasteiger partial charge in [0, 0.05) is 6.54 Å². The maximum atomic E-state index is 12.3. The van der Waals surface area contributed by atoms with Gasteiger partial charge in [-0.3, -0.25) is 0 Å². The maximum Gasteiger partial charge on any atom is 0.240 e. The normalized spacial score (nSPS) is 12.4. The number of benzene rings is 1. The van der Waals surface area contributed by atoms with Crippen LogP contribution in [0.3, 0.4) is 0 Å². The molecule has 0 saturated carbocycles. The summed E-state index contributed by atoms with van der Waals surface area (Å²) in [4.78, 5) is 0.354. The standard InChI is InChI=1S/C15H23NO2S/c1-6-9-15(4,5)11-16-19(17,18)14-8-7-12(2)10-13(14)3/h6-8,10,16H,1,9,11H2,2-5H3. The first-order valence-corrected chi connectivity index (χ1v) is 7.84. The van der Waals surface area contributed by atoms with Gasteiger partial charge < -0.3 is 0 Å². The van der Waals surface area contributed by atoms with Crippen LogP contribution in [0.15, 0.2) is 35.7 Å². The third kappa shape index (κ3) is 4.48. The van der Waals surface area contributed by atoms with Crippen LogP contribution in [0.5, 0.6) is 0 Å². The number of hydrogen-bond donors (Lipinski definition) is 1. The molecule has 19 heavy (non-hydrogen) atoms. The molecule has 0 unspecified atom stereocenters. The lowest BCUT2D eigenvalue weighted by molar-refractivity contribution is 0.369. The highest BCUT2D eigenvalue weighted by molar-refractivity contribution is 7.89. The molecule has 0 bridgehead atoms. The van der Waals surface area contributed by atoms with E-state index in [9.17, 15) is 8.42 Å². The van der Waals surface area contributed by atoms with Crippen molar-refractivity contribution in [1.82, 2.24) is 4.72 Å². The van der Waals surface area contributed by atoms with Gasteiger partial charge in [-0.1, -0.05) is 37.6 Å². The largest absolute Gasteiger partial charge is 0.240 e. The van der Waals surface area contributed by atoms with E-state index < -0.39 is 10.0 Å². The summed E-state index contributed by atoms with van der Waals surface area (Å²) in [7, 11) is -3.44. The van der Waals surface area contributed by atoms with Crippen molar-refractivity contribution in [2.75, 3.05) is 6.54 Å². The number of rotatable bonds is 6. The number of aryl methyl sites for hydroxylation is 2. The fraction of sp³-hybridized carbons (Fsp3) is 0.467. The number of sulfonamides is 1.